The Morgan fingerprint density at radius 1 is 1.13 bits per heavy atom. The Morgan fingerprint density at radius 2 is 1.84 bits per heavy atom. The first-order valence-electron chi connectivity index (χ1n) is 14.6. The molecule has 1 aliphatic rings. The van der Waals surface area contributed by atoms with Gasteiger partial charge in [0.1, 0.15) is 5.75 Å². The highest BCUT2D eigenvalue weighted by atomic mass is 32.2. The number of nitrogens with zero attached hydrogens (tertiary/aromatic N) is 4. The summed E-state index contributed by atoms with van der Waals surface area (Å²) < 4.78 is 72.8. The lowest BCUT2D eigenvalue weighted by atomic mass is 10.0. The van der Waals surface area contributed by atoms with Crippen molar-refractivity contribution in [2.75, 3.05) is 49.7 Å². The lowest BCUT2D eigenvalue weighted by molar-refractivity contribution is -0.138. The number of sulfonamides is 1. The zero-order valence-corrected chi connectivity index (χ0v) is 26.8. The highest BCUT2D eigenvalue weighted by Crippen LogP contribution is 2.34. The van der Waals surface area contributed by atoms with E-state index in [2.05, 4.69) is 32.4 Å². The van der Waals surface area contributed by atoms with E-state index in [1.165, 1.54) is 14.2 Å². The number of ether oxygens (including phenoxy) is 1. The van der Waals surface area contributed by atoms with Crippen LogP contribution >= 0.6 is 0 Å². The first-order chi connectivity index (χ1) is 21.2. The first kappa shape index (κ1) is 34.0. The number of hydrogen-bond donors (Lipinski definition) is 2. The van der Waals surface area contributed by atoms with Gasteiger partial charge >= 0.3 is 6.18 Å². The lowest BCUT2D eigenvalue weighted by Gasteiger charge is -2.23. The van der Waals surface area contributed by atoms with Crippen LogP contribution in [0.5, 0.6) is 5.75 Å². The number of aryl methyl sites for hydroxylation is 3. The van der Waals surface area contributed by atoms with E-state index in [1.54, 1.807) is 43.3 Å². The van der Waals surface area contributed by atoms with Gasteiger partial charge in [0.15, 0.2) is 0 Å². The lowest BCUT2D eigenvalue weighted by Crippen LogP contribution is -2.40. The SMILES string of the molecule is COc1cc(C(=O)NC[C@@H](C)N2CCCC2)ccc1Nc1ncc(C(F)(F)F)c(CCc2ccc(C)cc2N(C)S(C)(=O)=O)n1. The summed E-state index contributed by atoms with van der Waals surface area (Å²) in [5.74, 6) is -0.0744. The third-order valence-corrected chi connectivity index (χ3v) is 9.11. The van der Waals surface area contributed by atoms with Gasteiger partial charge in [-0.05, 0) is 88.0 Å². The van der Waals surface area contributed by atoms with Crippen LogP contribution in [-0.4, -0.2) is 75.3 Å². The summed E-state index contributed by atoms with van der Waals surface area (Å²) in [6, 6.07) is 10.1. The minimum absolute atomic E-state index is 0.0923. The van der Waals surface area contributed by atoms with E-state index >= 15 is 0 Å². The van der Waals surface area contributed by atoms with Crippen LogP contribution in [0.2, 0.25) is 0 Å². The zero-order chi connectivity index (χ0) is 32.9. The van der Waals surface area contributed by atoms with Crippen molar-refractivity contribution in [1.82, 2.24) is 20.2 Å². The Hall–Kier alpha value is -3.91. The van der Waals surface area contributed by atoms with Crippen LogP contribution in [0.3, 0.4) is 0 Å². The van der Waals surface area contributed by atoms with Crippen LogP contribution in [0.4, 0.5) is 30.5 Å². The molecular weight excluding hydrogens is 609 g/mol. The van der Waals surface area contributed by atoms with Gasteiger partial charge < -0.3 is 15.4 Å². The molecular formula is C31H39F3N6O4S. The molecule has 1 amide bonds. The standard InChI is InChI=1S/C31H39F3N6O4S/c1-20-8-9-22(27(16-20)39(3)45(5,42)43)10-12-25-24(31(32,33)34)19-36-30(37-25)38-26-13-11-23(17-28(26)44-4)29(41)35-18-21(2)40-14-6-7-15-40/h8-9,11,13,16-17,19,21H,6-7,10,12,14-15,18H2,1-5H3,(H,35,41)(H,36,37,38)/t21-/m1/s1. The number of alkyl halides is 3. The van der Waals surface area contributed by atoms with Gasteiger partial charge in [-0.3, -0.25) is 14.0 Å². The summed E-state index contributed by atoms with van der Waals surface area (Å²) in [6.45, 7) is 6.42. The summed E-state index contributed by atoms with van der Waals surface area (Å²) in [4.78, 5) is 23.3. The first-order valence-corrected chi connectivity index (χ1v) is 16.5. The second-order valence-electron chi connectivity index (χ2n) is 11.3. The number of likely N-dealkylation sites (tertiary alicyclic amines) is 1. The molecule has 0 spiro atoms. The van der Waals surface area contributed by atoms with E-state index in [0.29, 0.717) is 29.0 Å². The van der Waals surface area contributed by atoms with Crippen molar-refractivity contribution in [1.29, 1.82) is 0 Å². The number of anilines is 3. The van der Waals surface area contributed by atoms with E-state index in [1.807, 2.05) is 0 Å². The minimum atomic E-state index is -4.70. The monoisotopic (exact) mass is 648 g/mol. The number of aromatic nitrogens is 2. The molecule has 0 bridgehead atoms. The molecule has 2 aromatic carbocycles. The molecule has 1 atom stereocenters. The van der Waals surface area contributed by atoms with Gasteiger partial charge in [-0.25, -0.2) is 18.4 Å². The largest absolute Gasteiger partial charge is 0.495 e. The number of rotatable bonds is 12. The Balaban J connectivity index is 1.54. The summed E-state index contributed by atoms with van der Waals surface area (Å²) in [6.07, 6.45) is -0.641. The van der Waals surface area contributed by atoms with Crippen LogP contribution in [-0.2, 0) is 29.0 Å². The normalized spacial score (nSPS) is 14.7. The fourth-order valence-corrected chi connectivity index (χ4v) is 5.75. The highest BCUT2D eigenvalue weighted by Gasteiger charge is 2.35. The van der Waals surface area contributed by atoms with Crippen LogP contribution in [0.1, 0.15) is 52.5 Å². The fraction of sp³-hybridized carbons (Fsp3) is 0.452. The number of benzene rings is 2. The van der Waals surface area contributed by atoms with E-state index in [9.17, 15) is 26.4 Å². The number of halogens is 3. The summed E-state index contributed by atoms with van der Waals surface area (Å²) >= 11 is 0. The number of amides is 1. The smallest absolute Gasteiger partial charge is 0.419 e. The zero-order valence-electron chi connectivity index (χ0n) is 26.0. The summed E-state index contributed by atoms with van der Waals surface area (Å²) in [5.41, 5.74) is 1.24. The molecule has 4 rings (SSSR count). The van der Waals surface area contributed by atoms with Gasteiger partial charge in [-0.2, -0.15) is 13.2 Å². The van der Waals surface area contributed by atoms with Crippen molar-refractivity contribution < 1.29 is 31.1 Å². The molecule has 0 unspecified atom stereocenters. The summed E-state index contributed by atoms with van der Waals surface area (Å²) in [5, 5.41) is 5.86. The number of carbonyl (C=O) groups excluding carboxylic acids is 1. The molecule has 1 aliphatic heterocycles. The predicted octanol–water partition coefficient (Wildman–Crippen LogP) is 4.95. The average molecular weight is 649 g/mol. The topological polar surface area (TPSA) is 117 Å². The Bertz CT molecular complexity index is 1630. The second kappa shape index (κ2) is 14.0. The van der Waals surface area contributed by atoms with Crippen molar-refractivity contribution in [3.05, 3.63) is 70.5 Å². The fourth-order valence-electron chi connectivity index (χ4n) is 5.22. The van der Waals surface area contributed by atoms with Crippen molar-refractivity contribution in [2.45, 2.75) is 51.7 Å². The maximum atomic E-state index is 13.9. The molecule has 14 heteroatoms. The van der Waals surface area contributed by atoms with E-state index in [-0.39, 0.29) is 42.2 Å². The van der Waals surface area contributed by atoms with Gasteiger partial charge in [0.05, 0.1) is 36.0 Å². The minimum Gasteiger partial charge on any atom is -0.495 e. The van der Waals surface area contributed by atoms with Gasteiger partial charge in [-0.1, -0.05) is 12.1 Å². The third kappa shape index (κ3) is 8.63. The summed E-state index contributed by atoms with van der Waals surface area (Å²) in [7, 11) is -0.776. The Kier molecular flexibility index (Phi) is 10.6. The van der Waals surface area contributed by atoms with Gasteiger partial charge in [0.25, 0.3) is 5.91 Å². The second-order valence-corrected chi connectivity index (χ2v) is 13.3. The van der Waals surface area contributed by atoms with Crippen molar-refractivity contribution in [3.8, 4) is 5.75 Å². The molecule has 244 valence electrons. The molecule has 0 radical (unpaired) electrons. The van der Waals surface area contributed by atoms with Crippen molar-refractivity contribution >= 4 is 33.3 Å². The highest BCUT2D eigenvalue weighted by molar-refractivity contribution is 7.92. The molecule has 2 heterocycles. The van der Waals surface area contributed by atoms with Crippen LogP contribution in [0.25, 0.3) is 0 Å². The van der Waals surface area contributed by atoms with Crippen molar-refractivity contribution in [2.24, 2.45) is 0 Å². The molecule has 0 saturated carbocycles. The van der Waals surface area contributed by atoms with Crippen LogP contribution in [0, 0.1) is 6.92 Å². The van der Waals surface area contributed by atoms with Gasteiger partial charge in [0, 0.05) is 31.4 Å². The van der Waals surface area contributed by atoms with Crippen LogP contribution < -0.4 is 19.7 Å². The van der Waals surface area contributed by atoms with E-state index < -0.39 is 21.8 Å². The molecule has 2 N–H and O–H groups in total. The molecule has 1 aromatic heterocycles. The van der Waals surface area contributed by atoms with Crippen molar-refractivity contribution in [3.63, 3.8) is 0 Å². The van der Waals surface area contributed by atoms with E-state index in [0.717, 1.165) is 48.3 Å². The predicted molar refractivity (Wildman–Crippen MR) is 168 cm³/mol. The number of methoxy groups -OCH3 is 1. The maximum Gasteiger partial charge on any atom is 0.419 e. The maximum absolute atomic E-state index is 13.9. The average Bonchev–Trinajstić information content (AvgIpc) is 3.53. The Labute approximate surface area is 262 Å². The number of carbonyl (C=O) groups is 1. The quantitative estimate of drug-likeness (QED) is 0.284. The molecule has 1 saturated heterocycles. The molecule has 10 nitrogen and oxygen atoms in total. The molecule has 1 fully saturated rings. The number of hydrogen-bond acceptors (Lipinski definition) is 8. The van der Waals surface area contributed by atoms with Gasteiger partial charge in [0.2, 0.25) is 16.0 Å². The van der Waals surface area contributed by atoms with Crippen LogP contribution in [0.15, 0.2) is 42.6 Å². The molecule has 45 heavy (non-hydrogen) atoms. The van der Waals surface area contributed by atoms with E-state index in [4.69, 9.17) is 4.74 Å². The Morgan fingerprint density at radius 3 is 2.49 bits per heavy atom. The third-order valence-electron chi connectivity index (χ3n) is 7.91. The van der Waals surface area contributed by atoms with Gasteiger partial charge in [-0.15, -0.1) is 0 Å². The molecule has 0 aliphatic carbocycles. The number of nitrogens with one attached hydrogen (secondary N) is 2. The molecule has 3 aromatic rings.